The largest absolute Gasteiger partial charge is 0.441 e. The Hall–Kier alpha value is -2.34. The molecule has 1 saturated heterocycles. The van der Waals surface area contributed by atoms with Crippen molar-refractivity contribution in [2.75, 3.05) is 19.6 Å². The van der Waals surface area contributed by atoms with Gasteiger partial charge in [0.25, 0.3) is 0 Å². The van der Waals surface area contributed by atoms with Crippen molar-refractivity contribution in [2.45, 2.75) is 18.9 Å². The fraction of sp³-hybridized carbons (Fsp3) is 0.273. The predicted octanol–water partition coefficient (Wildman–Crippen LogP) is 4.75. The number of amides is 1. The summed E-state index contributed by atoms with van der Waals surface area (Å²) in [5.41, 5.74) is 2.00. The molecule has 1 fully saturated rings. The number of benzene rings is 2. The zero-order chi connectivity index (χ0) is 20.2. The van der Waals surface area contributed by atoms with E-state index in [9.17, 15) is 4.79 Å². The second kappa shape index (κ2) is 8.99. The molecule has 2 heterocycles. The van der Waals surface area contributed by atoms with E-state index in [2.05, 4.69) is 10.3 Å². The third-order valence-electron chi connectivity index (χ3n) is 5.01. The lowest BCUT2D eigenvalue weighted by Gasteiger charge is -2.34. The lowest BCUT2D eigenvalue weighted by molar-refractivity contribution is -0.132. The second-order valence-corrected chi connectivity index (χ2v) is 7.90. The Morgan fingerprint density at radius 3 is 2.79 bits per heavy atom. The molecule has 0 spiro atoms. The van der Waals surface area contributed by atoms with E-state index in [4.69, 9.17) is 27.6 Å². The number of aromatic nitrogens is 1. The van der Waals surface area contributed by atoms with Crippen molar-refractivity contribution in [3.8, 4) is 11.3 Å². The Labute approximate surface area is 179 Å². The highest BCUT2D eigenvalue weighted by Gasteiger charge is 2.24. The maximum Gasteiger partial charge on any atom is 0.223 e. The molecular formula is C22H21Cl2N3O2. The molecule has 150 valence electrons. The van der Waals surface area contributed by atoms with E-state index in [1.54, 1.807) is 6.20 Å². The molecule has 2 aromatic carbocycles. The van der Waals surface area contributed by atoms with E-state index in [1.807, 2.05) is 53.4 Å². The van der Waals surface area contributed by atoms with Crippen LogP contribution in [0.2, 0.25) is 10.0 Å². The van der Waals surface area contributed by atoms with Crippen LogP contribution in [-0.2, 0) is 11.2 Å². The predicted molar refractivity (Wildman–Crippen MR) is 114 cm³/mol. The van der Waals surface area contributed by atoms with Crippen molar-refractivity contribution in [2.24, 2.45) is 0 Å². The molecule has 1 amide bonds. The van der Waals surface area contributed by atoms with Gasteiger partial charge in [0.05, 0.1) is 6.20 Å². The third kappa shape index (κ3) is 4.99. The van der Waals surface area contributed by atoms with Crippen LogP contribution in [0.15, 0.2) is 59.1 Å². The summed E-state index contributed by atoms with van der Waals surface area (Å²) in [5.74, 6) is 1.34. The normalized spacial score (nSPS) is 16.8. The molecule has 0 saturated carbocycles. The van der Waals surface area contributed by atoms with E-state index in [0.29, 0.717) is 47.6 Å². The lowest BCUT2D eigenvalue weighted by atomic mass is 10.0. The van der Waals surface area contributed by atoms with E-state index in [-0.39, 0.29) is 11.9 Å². The Balaban J connectivity index is 1.34. The van der Waals surface area contributed by atoms with E-state index >= 15 is 0 Å². The first-order valence-corrected chi connectivity index (χ1v) is 10.3. The highest BCUT2D eigenvalue weighted by molar-refractivity contribution is 6.30. The van der Waals surface area contributed by atoms with E-state index < -0.39 is 0 Å². The molecule has 1 unspecified atom stereocenters. The highest BCUT2D eigenvalue weighted by Crippen LogP contribution is 2.24. The molecule has 7 heteroatoms. The summed E-state index contributed by atoms with van der Waals surface area (Å²) in [6, 6.07) is 15.2. The smallest absolute Gasteiger partial charge is 0.223 e. The number of hydrogen-bond donors (Lipinski definition) is 1. The minimum Gasteiger partial charge on any atom is -0.441 e. The number of carbonyl (C=O) groups is 1. The molecule has 1 aliphatic rings. The number of carbonyl (C=O) groups excluding carboxylic acids is 1. The second-order valence-electron chi connectivity index (χ2n) is 7.03. The van der Waals surface area contributed by atoms with Crippen molar-refractivity contribution in [1.29, 1.82) is 0 Å². The van der Waals surface area contributed by atoms with Gasteiger partial charge in [0.2, 0.25) is 5.91 Å². The molecule has 1 aliphatic heterocycles. The maximum absolute atomic E-state index is 12.7. The number of piperazine rings is 1. The van der Waals surface area contributed by atoms with Gasteiger partial charge >= 0.3 is 0 Å². The van der Waals surface area contributed by atoms with Crippen LogP contribution in [-0.4, -0.2) is 35.4 Å². The molecule has 29 heavy (non-hydrogen) atoms. The van der Waals surface area contributed by atoms with Crippen molar-refractivity contribution in [3.63, 3.8) is 0 Å². The molecule has 0 bridgehead atoms. The van der Waals surface area contributed by atoms with Crippen LogP contribution in [0.5, 0.6) is 0 Å². The van der Waals surface area contributed by atoms with Gasteiger partial charge in [-0.25, -0.2) is 4.98 Å². The zero-order valence-electron chi connectivity index (χ0n) is 15.8. The molecule has 1 N–H and O–H groups in total. The van der Waals surface area contributed by atoms with Gasteiger partial charge in [-0.05, 0) is 42.0 Å². The molecule has 0 radical (unpaired) electrons. The molecule has 3 aromatic rings. The topological polar surface area (TPSA) is 58.4 Å². The quantitative estimate of drug-likeness (QED) is 0.635. The van der Waals surface area contributed by atoms with Gasteiger partial charge in [-0.2, -0.15) is 0 Å². The number of hydrogen-bond acceptors (Lipinski definition) is 4. The van der Waals surface area contributed by atoms with Crippen LogP contribution in [0.3, 0.4) is 0 Å². The van der Waals surface area contributed by atoms with Gasteiger partial charge in [0.15, 0.2) is 11.7 Å². The minimum absolute atomic E-state index is 0.0876. The van der Waals surface area contributed by atoms with Crippen LogP contribution < -0.4 is 5.32 Å². The van der Waals surface area contributed by atoms with Crippen molar-refractivity contribution in [1.82, 2.24) is 15.2 Å². The first-order valence-electron chi connectivity index (χ1n) is 9.56. The number of oxazole rings is 1. The highest BCUT2D eigenvalue weighted by atomic mass is 35.5. The summed E-state index contributed by atoms with van der Waals surface area (Å²) in [6.45, 7) is 2.07. The van der Waals surface area contributed by atoms with Crippen LogP contribution in [0, 0.1) is 0 Å². The number of nitrogens with zero attached hydrogens (tertiary/aromatic N) is 2. The van der Waals surface area contributed by atoms with Gasteiger partial charge in [-0.1, -0.05) is 35.3 Å². The van der Waals surface area contributed by atoms with Gasteiger partial charge in [0, 0.05) is 54.1 Å². The monoisotopic (exact) mass is 429 g/mol. The summed E-state index contributed by atoms with van der Waals surface area (Å²) < 4.78 is 5.80. The first-order chi connectivity index (χ1) is 14.1. The summed E-state index contributed by atoms with van der Waals surface area (Å²) in [7, 11) is 0. The van der Waals surface area contributed by atoms with E-state index in [0.717, 1.165) is 17.7 Å². The van der Waals surface area contributed by atoms with Crippen molar-refractivity contribution in [3.05, 3.63) is 76.2 Å². The van der Waals surface area contributed by atoms with Crippen molar-refractivity contribution < 1.29 is 9.21 Å². The maximum atomic E-state index is 12.7. The number of rotatable bonds is 5. The van der Waals surface area contributed by atoms with E-state index in [1.165, 1.54) is 0 Å². The minimum atomic E-state index is 0.0876. The Morgan fingerprint density at radius 1 is 1.17 bits per heavy atom. The first kappa shape index (κ1) is 20.0. The standard InChI is InChI=1S/C22H21Cl2N3O2/c23-17-6-4-15(5-7-17)20-13-26-21(29-20)8-9-22(28)27-11-10-25-19(14-27)16-2-1-3-18(24)12-16/h1-7,12-13,19,25H,8-11,14H2. The zero-order valence-corrected chi connectivity index (χ0v) is 17.3. The van der Waals surface area contributed by atoms with Crippen LogP contribution in [0.4, 0.5) is 0 Å². The third-order valence-corrected chi connectivity index (χ3v) is 5.50. The lowest BCUT2D eigenvalue weighted by Crippen LogP contribution is -2.48. The fourth-order valence-electron chi connectivity index (χ4n) is 3.47. The Bertz CT molecular complexity index is 988. The average molecular weight is 430 g/mol. The number of halogens is 2. The number of nitrogens with one attached hydrogen (secondary N) is 1. The van der Waals surface area contributed by atoms with Crippen molar-refractivity contribution >= 4 is 29.1 Å². The summed E-state index contributed by atoms with van der Waals surface area (Å²) in [5, 5.41) is 4.83. The Morgan fingerprint density at radius 2 is 2.00 bits per heavy atom. The number of aryl methyl sites for hydroxylation is 1. The van der Waals surface area contributed by atoms with Gasteiger partial charge < -0.3 is 14.6 Å². The molecule has 0 aliphatic carbocycles. The van der Waals surface area contributed by atoms with Gasteiger partial charge in [0.1, 0.15) is 0 Å². The summed E-state index contributed by atoms with van der Waals surface area (Å²) >= 11 is 12.0. The molecule has 1 atom stereocenters. The van der Waals surface area contributed by atoms with Gasteiger partial charge in [-0.15, -0.1) is 0 Å². The summed E-state index contributed by atoms with van der Waals surface area (Å²) in [6.07, 6.45) is 2.52. The Kier molecular flexibility index (Phi) is 6.19. The molecule has 5 nitrogen and oxygen atoms in total. The van der Waals surface area contributed by atoms with Crippen LogP contribution >= 0.6 is 23.2 Å². The van der Waals surface area contributed by atoms with Crippen LogP contribution in [0.25, 0.3) is 11.3 Å². The summed E-state index contributed by atoms with van der Waals surface area (Å²) in [4.78, 5) is 18.9. The molecular weight excluding hydrogens is 409 g/mol. The van der Waals surface area contributed by atoms with Crippen LogP contribution in [0.1, 0.15) is 23.9 Å². The molecule has 1 aromatic heterocycles. The SMILES string of the molecule is O=C(CCc1ncc(-c2ccc(Cl)cc2)o1)N1CCNC(c2cccc(Cl)c2)C1. The fourth-order valence-corrected chi connectivity index (χ4v) is 3.79. The average Bonchev–Trinajstić information content (AvgIpc) is 3.22. The van der Waals surface area contributed by atoms with Gasteiger partial charge in [-0.3, -0.25) is 4.79 Å². The molecule has 4 rings (SSSR count).